The molecule has 0 spiro atoms. The summed E-state index contributed by atoms with van der Waals surface area (Å²) in [6.45, 7) is 2.81. The normalized spacial score (nSPS) is 12.6. The number of benzene rings is 1. The molecule has 0 aliphatic carbocycles. The summed E-state index contributed by atoms with van der Waals surface area (Å²) >= 11 is 1.59. The minimum Gasteiger partial charge on any atom is -0.304 e. The number of halogens is 1. The molecule has 4 heteroatoms. The standard InChI is InChI=1S/C13H15FN2S/c1-2-13(10-4-3-5-11(14)6-10)15-7-12-8-17-9-16-12/h3-6,8-9,13,15H,2,7H2,1H3. The molecule has 0 amide bonds. The number of hydrogen-bond acceptors (Lipinski definition) is 3. The predicted octanol–water partition coefficient (Wildman–Crippen LogP) is 3.52. The Morgan fingerprint density at radius 3 is 3.00 bits per heavy atom. The first-order chi connectivity index (χ1) is 8.29. The number of aromatic nitrogens is 1. The van der Waals surface area contributed by atoms with Gasteiger partial charge in [-0.2, -0.15) is 0 Å². The second kappa shape index (κ2) is 5.89. The summed E-state index contributed by atoms with van der Waals surface area (Å²) in [7, 11) is 0. The van der Waals surface area contributed by atoms with Crippen LogP contribution in [0.5, 0.6) is 0 Å². The molecule has 2 aromatic rings. The van der Waals surface area contributed by atoms with Crippen LogP contribution in [0.25, 0.3) is 0 Å². The molecule has 0 radical (unpaired) electrons. The molecular formula is C13H15FN2S. The second-order valence-electron chi connectivity index (χ2n) is 3.88. The van der Waals surface area contributed by atoms with E-state index < -0.39 is 0 Å². The van der Waals surface area contributed by atoms with Gasteiger partial charge in [0.05, 0.1) is 11.2 Å². The minimum atomic E-state index is -0.184. The number of nitrogens with zero attached hydrogens (tertiary/aromatic N) is 1. The maximum absolute atomic E-state index is 13.1. The van der Waals surface area contributed by atoms with Gasteiger partial charge >= 0.3 is 0 Å². The molecule has 0 fully saturated rings. The Hall–Kier alpha value is -1.26. The van der Waals surface area contributed by atoms with Crippen molar-refractivity contribution in [3.05, 3.63) is 52.2 Å². The van der Waals surface area contributed by atoms with E-state index in [2.05, 4.69) is 17.2 Å². The molecule has 2 nitrogen and oxygen atoms in total. The highest BCUT2D eigenvalue weighted by Crippen LogP contribution is 2.18. The monoisotopic (exact) mass is 250 g/mol. The number of hydrogen-bond donors (Lipinski definition) is 1. The first kappa shape index (κ1) is 12.2. The van der Waals surface area contributed by atoms with Crippen LogP contribution in [-0.4, -0.2) is 4.98 Å². The topological polar surface area (TPSA) is 24.9 Å². The molecule has 1 aromatic heterocycles. The summed E-state index contributed by atoms with van der Waals surface area (Å²) in [4.78, 5) is 4.22. The van der Waals surface area contributed by atoms with Gasteiger partial charge in [-0.05, 0) is 24.1 Å². The Morgan fingerprint density at radius 1 is 1.47 bits per heavy atom. The Bertz CT molecular complexity index is 456. The number of rotatable bonds is 5. The van der Waals surface area contributed by atoms with E-state index in [-0.39, 0.29) is 11.9 Å². The molecule has 0 saturated carbocycles. The van der Waals surface area contributed by atoms with Crippen molar-refractivity contribution in [3.63, 3.8) is 0 Å². The van der Waals surface area contributed by atoms with Gasteiger partial charge in [0, 0.05) is 18.0 Å². The average molecular weight is 250 g/mol. The Balaban J connectivity index is 2.01. The molecule has 90 valence electrons. The van der Waals surface area contributed by atoms with Crippen molar-refractivity contribution < 1.29 is 4.39 Å². The smallest absolute Gasteiger partial charge is 0.123 e. The lowest BCUT2D eigenvalue weighted by atomic mass is 10.0. The second-order valence-corrected chi connectivity index (χ2v) is 4.60. The first-order valence-corrected chi connectivity index (χ1v) is 6.59. The van der Waals surface area contributed by atoms with Crippen LogP contribution in [0.2, 0.25) is 0 Å². The molecule has 1 heterocycles. The average Bonchev–Trinajstić information content (AvgIpc) is 2.83. The number of nitrogens with one attached hydrogen (secondary N) is 1. The molecule has 17 heavy (non-hydrogen) atoms. The zero-order valence-electron chi connectivity index (χ0n) is 9.69. The van der Waals surface area contributed by atoms with Crippen LogP contribution >= 0.6 is 11.3 Å². The lowest BCUT2D eigenvalue weighted by Gasteiger charge is -2.16. The molecule has 1 aromatic carbocycles. The zero-order valence-corrected chi connectivity index (χ0v) is 10.5. The third-order valence-corrected chi connectivity index (χ3v) is 3.31. The number of thiazole rings is 1. The van der Waals surface area contributed by atoms with Crippen LogP contribution in [0.3, 0.4) is 0 Å². The summed E-state index contributed by atoms with van der Waals surface area (Å²) in [6.07, 6.45) is 0.924. The summed E-state index contributed by atoms with van der Waals surface area (Å²) in [5, 5.41) is 5.41. The Kier molecular flexibility index (Phi) is 4.23. The van der Waals surface area contributed by atoms with Gasteiger partial charge in [0.1, 0.15) is 5.82 Å². The molecule has 0 aliphatic rings. The quantitative estimate of drug-likeness (QED) is 0.878. The molecule has 2 rings (SSSR count). The maximum atomic E-state index is 13.1. The van der Waals surface area contributed by atoms with Crippen LogP contribution in [0, 0.1) is 5.82 Å². The van der Waals surface area contributed by atoms with E-state index in [4.69, 9.17) is 0 Å². The van der Waals surface area contributed by atoms with Crippen molar-refractivity contribution in [1.82, 2.24) is 10.3 Å². The molecule has 1 unspecified atom stereocenters. The van der Waals surface area contributed by atoms with Crippen molar-refractivity contribution in [2.45, 2.75) is 25.9 Å². The van der Waals surface area contributed by atoms with Gasteiger partial charge in [0.2, 0.25) is 0 Å². The highest BCUT2D eigenvalue weighted by Gasteiger charge is 2.09. The van der Waals surface area contributed by atoms with Crippen molar-refractivity contribution in [2.75, 3.05) is 0 Å². The third-order valence-electron chi connectivity index (χ3n) is 2.67. The summed E-state index contributed by atoms with van der Waals surface area (Å²) < 4.78 is 13.1. The third kappa shape index (κ3) is 3.35. The predicted molar refractivity (Wildman–Crippen MR) is 68.4 cm³/mol. The molecule has 0 saturated heterocycles. The van der Waals surface area contributed by atoms with E-state index in [0.717, 1.165) is 24.2 Å². The van der Waals surface area contributed by atoms with E-state index in [1.807, 2.05) is 17.0 Å². The van der Waals surface area contributed by atoms with Gasteiger partial charge in [-0.15, -0.1) is 11.3 Å². The summed E-state index contributed by atoms with van der Waals surface area (Å²) in [6, 6.07) is 6.93. The van der Waals surface area contributed by atoms with Crippen LogP contribution in [0.4, 0.5) is 4.39 Å². The van der Waals surface area contributed by atoms with Crippen molar-refractivity contribution in [3.8, 4) is 0 Å². The molecule has 0 aliphatic heterocycles. The molecule has 0 bridgehead atoms. The van der Waals surface area contributed by atoms with Gasteiger partial charge < -0.3 is 5.32 Å². The van der Waals surface area contributed by atoms with Gasteiger partial charge in [0.15, 0.2) is 0 Å². The van der Waals surface area contributed by atoms with Crippen LogP contribution in [0.15, 0.2) is 35.2 Å². The van der Waals surface area contributed by atoms with Crippen molar-refractivity contribution in [1.29, 1.82) is 0 Å². The van der Waals surface area contributed by atoms with Crippen molar-refractivity contribution in [2.24, 2.45) is 0 Å². The van der Waals surface area contributed by atoms with E-state index in [1.54, 1.807) is 23.5 Å². The Labute approximate surface area is 105 Å². The molecule has 1 N–H and O–H groups in total. The fourth-order valence-electron chi connectivity index (χ4n) is 1.77. The summed E-state index contributed by atoms with van der Waals surface area (Å²) in [5.74, 6) is -0.184. The fourth-order valence-corrected chi connectivity index (χ4v) is 2.33. The van der Waals surface area contributed by atoms with Gasteiger partial charge in [-0.3, -0.25) is 0 Å². The Morgan fingerprint density at radius 2 is 2.35 bits per heavy atom. The van der Waals surface area contributed by atoms with Crippen LogP contribution in [-0.2, 0) is 6.54 Å². The van der Waals surface area contributed by atoms with E-state index >= 15 is 0 Å². The first-order valence-electron chi connectivity index (χ1n) is 5.65. The highest BCUT2D eigenvalue weighted by atomic mass is 32.1. The highest BCUT2D eigenvalue weighted by molar-refractivity contribution is 7.07. The maximum Gasteiger partial charge on any atom is 0.123 e. The van der Waals surface area contributed by atoms with E-state index in [0.29, 0.717) is 0 Å². The lowest BCUT2D eigenvalue weighted by Crippen LogP contribution is -2.20. The van der Waals surface area contributed by atoms with Crippen molar-refractivity contribution >= 4 is 11.3 Å². The van der Waals surface area contributed by atoms with E-state index in [9.17, 15) is 4.39 Å². The zero-order chi connectivity index (χ0) is 12.1. The fraction of sp³-hybridized carbons (Fsp3) is 0.308. The lowest BCUT2D eigenvalue weighted by molar-refractivity contribution is 0.511. The largest absolute Gasteiger partial charge is 0.304 e. The molecular weight excluding hydrogens is 235 g/mol. The summed E-state index contributed by atoms with van der Waals surface area (Å²) in [5.41, 5.74) is 3.84. The molecule has 1 atom stereocenters. The van der Waals surface area contributed by atoms with Crippen LogP contribution < -0.4 is 5.32 Å². The van der Waals surface area contributed by atoms with Crippen LogP contribution in [0.1, 0.15) is 30.6 Å². The van der Waals surface area contributed by atoms with E-state index in [1.165, 1.54) is 6.07 Å². The van der Waals surface area contributed by atoms with Gasteiger partial charge in [-0.25, -0.2) is 9.37 Å². The van der Waals surface area contributed by atoms with Gasteiger partial charge in [0.25, 0.3) is 0 Å². The minimum absolute atomic E-state index is 0.174. The SMILES string of the molecule is CCC(NCc1cscn1)c1cccc(F)c1. The van der Waals surface area contributed by atoms with Gasteiger partial charge in [-0.1, -0.05) is 19.1 Å².